The van der Waals surface area contributed by atoms with Crippen molar-refractivity contribution in [2.75, 3.05) is 0 Å². The topological polar surface area (TPSA) is 27.1 Å². The van der Waals surface area contributed by atoms with Crippen molar-refractivity contribution < 1.29 is 9.13 Å². The van der Waals surface area contributed by atoms with E-state index in [9.17, 15) is 4.39 Å². The van der Waals surface area contributed by atoms with Crippen molar-refractivity contribution in [1.29, 1.82) is 0 Å². The summed E-state index contributed by atoms with van der Waals surface area (Å²) < 4.78 is 21.3. The summed E-state index contributed by atoms with van der Waals surface area (Å²) in [5.74, 6) is -0.00157. The van der Waals surface area contributed by atoms with Gasteiger partial charge in [-0.05, 0) is 25.0 Å². The van der Waals surface area contributed by atoms with Crippen LogP contribution in [-0.2, 0) is 13.2 Å². The van der Waals surface area contributed by atoms with Crippen LogP contribution in [0.4, 0.5) is 4.39 Å². The van der Waals surface area contributed by atoms with Crippen LogP contribution in [0, 0.1) is 12.7 Å². The van der Waals surface area contributed by atoms with Gasteiger partial charge in [-0.25, -0.2) is 9.37 Å². The summed E-state index contributed by atoms with van der Waals surface area (Å²) in [6, 6.07) is 5.16. The third-order valence-corrected chi connectivity index (χ3v) is 2.79. The number of halogens is 1. The normalized spacial score (nSPS) is 10.6. The van der Waals surface area contributed by atoms with Gasteiger partial charge >= 0.3 is 0 Å². The molecule has 3 nitrogen and oxygen atoms in total. The maximum Gasteiger partial charge on any atom is 0.167 e. The molecule has 4 heteroatoms. The van der Waals surface area contributed by atoms with E-state index in [1.54, 1.807) is 37.6 Å². The highest BCUT2D eigenvalue weighted by Gasteiger charge is 2.07. The molecule has 0 aliphatic heterocycles. The van der Waals surface area contributed by atoms with E-state index in [-0.39, 0.29) is 5.82 Å². The number of aryl methyl sites for hydroxylation is 2. The molecule has 0 atom stereocenters. The summed E-state index contributed by atoms with van der Waals surface area (Å²) in [6.45, 7) is 5.06. The zero-order chi connectivity index (χ0) is 13.0. The Labute approximate surface area is 106 Å². The first-order valence-corrected chi connectivity index (χ1v) is 6.09. The van der Waals surface area contributed by atoms with Gasteiger partial charge in [-0.15, -0.1) is 0 Å². The van der Waals surface area contributed by atoms with E-state index in [1.165, 1.54) is 0 Å². The second kappa shape index (κ2) is 5.67. The Morgan fingerprint density at radius 3 is 3.00 bits per heavy atom. The average Bonchev–Trinajstić information content (AvgIpc) is 2.79. The molecule has 0 bridgehead atoms. The fraction of sp³-hybridized carbons (Fsp3) is 0.357. The van der Waals surface area contributed by atoms with Crippen molar-refractivity contribution in [3.8, 4) is 5.75 Å². The Hall–Kier alpha value is -1.84. The number of nitrogens with zero attached hydrogens (tertiary/aromatic N) is 2. The minimum Gasteiger partial charge on any atom is -0.484 e. The lowest BCUT2D eigenvalue weighted by Crippen LogP contribution is -2.05. The van der Waals surface area contributed by atoms with Crippen LogP contribution in [0.3, 0.4) is 0 Å². The first-order valence-electron chi connectivity index (χ1n) is 6.09. The van der Waals surface area contributed by atoms with Gasteiger partial charge in [0.2, 0.25) is 0 Å². The van der Waals surface area contributed by atoms with Gasteiger partial charge in [0.05, 0.1) is 18.2 Å². The highest BCUT2D eigenvalue weighted by atomic mass is 19.1. The molecule has 2 aromatic rings. The molecular formula is C14H17FN2O. The maximum absolute atomic E-state index is 13.7. The highest BCUT2D eigenvalue weighted by Crippen LogP contribution is 2.20. The van der Waals surface area contributed by atoms with E-state index in [0.29, 0.717) is 17.9 Å². The molecule has 2 rings (SSSR count). The number of ether oxygens (including phenoxy) is 1. The van der Waals surface area contributed by atoms with Gasteiger partial charge in [-0.3, -0.25) is 0 Å². The molecule has 1 aromatic carbocycles. The Balaban J connectivity index is 2.07. The molecule has 0 amide bonds. The number of aromatic nitrogens is 2. The molecule has 0 radical (unpaired) electrons. The highest BCUT2D eigenvalue weighted by molar-refractivity contribution is 5.30. The monoisotopic (exact) mass is 248 g/mol. The number of hydrogen-bond acceptors (Lipinski definition) is 2. The van der Waals surface area contributed by atoms with Gasteiger partial charge in [-0.1, -0.05) is 19.1 Å². The molecular weight excluding hydrogens is 231 g/mol. The summed E-state index contributed by atoms with van der Waals surface area (Å²) in [5, 5.41) is 0. The van der Waals surface area contributed by atoms with Crippen molar-refractivity contribution >= 4 is 0 Å². The zero-order valence-electron chi connectivity index (χ0n) is 10.7. The number of hydrogen-bond donors (Lipinski definition) is 0. The SMILES string of the molecule is CCCn1cncc1COc1cccc(C)c1F. The van der Waals surface area contributed by atoms with Crippen molar-refractivity contribution in [3.05, 3.63) is 47.8 Å². The van der Waals surface area contributed by atoms with Gasteiger partial charge in [0.25, 0.3) is 0 Å². The number of rotatable bonds is 5. The van der Waals surface area contributed by atoms with Crippen LogP contribution in [0.2, 0.25) is 0 Å². The van der Waals surface area contributed by atoms with Crippen LogP contribution in [0.15, 0.2) is 30.7 Å². The number of benzene rings is 1. The summed E-state index contributed by atoms with van der Waals surface area (Å²) in [4.78, 5) is 4.08. The van der Waals surface area contributed by atoms with Gasteiger partial charge in [0.15, 0.2) is 11.6 Å². The minimum atomic E-state index is -0.293. The third kappa shape index (κ3) is 2.70. The van der Waals surface area contributed by atoms with E-state index in [4.69, 9.17) is 4.74 Å². The first kappa shape index (κ1) is 12.6. The molecule has 0 aliphatic rings. The number of imidazole rings is 1. The summed E-state index contributed by atoms with van der Waals surface area (Å²) in [7, 11) is 0. The quantitative estimate of drug-likeness (QED) is 0.811. The fourth-order valence-corrected chi connectivity index (χ4v) is 1.79. The Morgan fingerprint density at radius 2 is 2.22 bits per heavy atom. The second-order valence-electron chi connectivity index (χ2n) is 4.25. The summed E-state index contributed by atoms with van der Waals surface area (Å²) >= 11 is 0. The Bertz CT molecular complexity index is 522. The molecule has 96 valence electrons. The van der Waals surface area contributed by atoms with Crippen LogP contribution in [0.5, 0.6) is 5.75 Å². The fourth-order valence-electron chi connectivity index (χ4n) is 1.79. The van der Waals surface area contributed by atoms with Crippen molar-refractivity contribution in [2.24, 2.45) is 0 Å². The maximum atomic E-state index is 13.7. The summed E-state index contributed by atoms with van der Waals surface area (Å²) in [6.07, 6.45) is 4.56. The van der Waals surface area contributed by atoms with Crippen LogP contribution in [0.1, 0.15) is 24.6 Å². The van der Waals surface area contributed by atoms with Crippen LogP contribution in [-0.4, -0.2) is 9.55 Å². The second-order valence-corrected chi connectivity index (χ2v) is 4.25. The molecule has 0 N–H and O–H groups in total. The third-order valence-electron chi connectivity index (χ3n) is 2.79. The molecule has 0 unspecified atom stereocenters. The van der Waals surface area contributed by atoms with E-state index in [1.807, 2.05) is 4.57 Å². The predicted octanol–water partition coefficient (Wildman–Crippen LogP) is 3.32. The lowest BCUT2D eigenvalue weighted by Gasteiger charge is -2.10. The molecule has 0 fully saturated rings. The van der Waals surface area contributed by atoms with E-state index < -0.39 is 0 Å². The van der Waals surface area contributed by atoms with Gasteiger partial charge in [0, 0.05) is 6.54 Å². The van der Waals surface area contributed by atoms with Crippen molar-refractivity contribution in [3.63, 3.8) is 0 Å². The zero-order valence-corrected chi connectivity index (χ0v) is 10.7. The Morgan fingerprint density at radius 1 is 1.39 bits per heavy atom. The van der Waals surface area contributed by atoms with Crippen molar-refractivity contribution in [2.45, 2.75) is 33.4 Å². The molecule has 1 heterocycles. The van der Waals surface area contributed by atoms with Crippen LogP contribution >= 0.6 is 0 Å². The Kier molecular flexibility index (Phi) is 3.97. The smallest absolute Gasteiger partial charge is 0.167 e. The summed E-state index contributed by atoms with van der Waals surface area (Å²) in [5.41, 5.74) is 1.55. The van der Waals surface area contributed by atoms with Gasteiger partial charge in [-0.2, -0.15) is 0 Å². The molecule has 0 saturated carbocycles. The van der Waals surface area contributed by atoms with Crippen molar-refractivity contribution in [1.82, 2.24) is 9.55 Å². The lowest BCUT2D eigenvalue weighted by molar-refractivity contribution is 0.279. The van der Waals surface area contributed by atoms with E-state index in [0.717, 1.165) is 18.7 Å². The molecule has 1 aromatic heterocycles. The minimum absolute atomic E-state index is 0.291. The van der Waals surface area contributed by atoms with Crippen LogP contribution < -0.4 is 4.74 Å². The molecule has 0 saturated heterocycles. The molecule has 18 heavy (non-hydrogen) atoms. The molecule has 0 aliphatic carbocycles. The lowest BCUT2D eigenvalue weighted by atomic mass is 10.2. The largest absolute Gasteiger partial charge is 0.484 e. The van der Waals surface area contributed by atoms with Gasteiger partial charge < -0.3 is 9.30 Å². The van der Waals surface area contributed by atoms with E-state index in [2.05, 4.69) is 11.9 Å². The van der Waals surface area contributed by atoms with Crippen LogP contribution in [0.25, 0.3) is 0 Å². The predicted molar refractivity (Wildman–Crippen MR) is 68.0 cm³/mol. The van der Waals surface area contributed by atoms with E-state index >= 15 is 0 Å². The average molecular weight is 248 g/mol. The van der Waals surface area contributed by atoms with Gasteiger partial charge in [0.1, 0.15) is 6.61 Å². The first-order chi connectivity index (χ1) is 8.72. The standard InChI is InChI=1S/C14H17FN2O/c1-3-7-17-10-16-8-12(17)9-18-13-6-4-5-11(2)14(13)15/h4-6,8,10H,3,7,9H2,1-2H3. The molecule has 0 spiro atoms.